The Balaban J connectivity index is 1.88. The van der Waals surface area contributed by atoms with Crippen LogP contribution in [0.2, 0.25) is 0 Å². The molecule has 1 aromatic rings. The van der Waals surface area contributed by atoms with E-state index in [4.69, 9.17) is 14.2 Å². The van der Waals surface area contributed by atoms with Crippen molar-refractivity contribution in [1.82, 2.24) is 0 Å². The minimum absolute atomic E-state index is 0.175. The smallest absolute Gasteiger partial charge is 0.189 e. The van der Waals surface area contributed by atoms with Gasteiger partial charge in [-0.05, 0) is 37.3 Å². The summed E-state index contributed by atoms with van der Waals surface area (Å²) in [5.41, 5.74) is 0.513. The highest BCUT2D eigenvalue weighted by Crippen LogP contribution is 2.29. The van der Waals surface area contributed by atoms with E-state index in [9.17, 15) is 4.79 Å². The standard InChI is InChI=1S/C15H20O4/c1-2-7-18-14-6-5-13(9-16)15(8-14)19-11-17-10-12-3-4-12/h5-6,8-9,12H,2-4,7,10-11H2,1H3. The Labute approximate surface area is 113 Å². The fourth-order valence-corrected chi connectivity index (χ4v) is 1.65. The Kier molecular flexibility index (Phi) is 5.21. The SMILES string of the molecule is CCCOc1ccc(C=O)c(OCOCC2CC2)c1. The zero-order valence-electron chi connectivity index (χ0n) is 11.3. The summed E-state index contributed by atoms with van der Waals surface area (Å²) >= 11 is 0. The fourth-order valence-electron chi connectivity index (χ4n) is 1.65. The first-order valence-electron chi connectivity index (χ1n) is 6.76. The molecule has 1 aliphatic carbocycles. The van der Waals surface area contributed by atoms with Crippen LogP contribution in [0.1, 0.15) is 36.5 Å². The average Bonchev–Trinajstić information content (AvgIpc) is 3.25. The Morgan fingerprint density at radius 1 is 1.32 bits per heavy atom. The maximum Gasteiger partial charge on any atom is 0.189 e. The third-order valence-electron chi connectivity index (χ3n) is 2.93. The normalized spacial score (nSPS) is 14.2. The number of ether oxygens (including phenoxy) is 3. The zero-order valence-corrected chi connectivity index (χ0v) is 11.3. The molecule has 0 aromatic heterocycles. The van der Waals surface area contributed by atoms with Crippen LogP contribution < -0.4 is 9.47 Å². The van der Waals surface area contributed by atoms with Crippen molar-refractivity contribution in [3.63, 3.8) is 0 Å². The van der Waals surface area contributed by atoms with Crippen LogP contribution in [0.25, 0.3) is 0 Å². The Hall–Kier alpha value is -1.55. The molecule has 0 amide bonds. The molecule has 0 heterocycles. The van der Waals surface area contributed by atoms with Gasteiger partial charge in [0, 0.05) is 6.07 Å². The molecule has 4 heteroatoms. The van der Waals surface area contributed by atoms with Gasteiger partial charge in [0.1, 0.15) is 11.5 Å². The molecule has 0 unspecified atom stereocenters. The molecule has 1 aliphatic rings. The average molecular weight is 264 g/mol. The minimum atomic E-state index is 0.175. The van der Waals surface area contributed by atoms with Crippen LogP contribution in [0.4, 0.5) is 0 Å². The van der Waals surface area contributed by atoms with Gasteiger partial charge in [-0.15, -0.1) is 0 Å². The predicted octanol–water partition coefficient (Wildman–Crippen LogP) is 3.05. The lowest BCUT2D eigenvalue weighted by molar-refractivity contribution is 0.00958. The van der Waals surface area contributed by atoms with Crippen LogP contribution in [0.15, 0.2) is 18.2 Å². The highest BCUT2D eigenvalue weighted by molar-refractivity contribution is 5.79. The van der Waals surface area contributed by atoms with Crippen molar-refractivity contribution >= 4 is 6.29 Å². The molecule has 4 nitrogen and oxygen atoms in total. The summed E-state index contributed by atoms with van der Waals surface area (Å²) in [7, 11) is 0. The summed E-state index contributed by atoms with van der Waals surface area (Å²) in [5.74, 6) is 1.93. The first-order chi connectivity index (χ1) is 9.33. The second-order valence-electron chi connectivity index (χ2n) is 4.74. The molecule has 19 heavy (non-hydrogen) atoms. The van der Waals surface area contributed by atoms with Gasteiger partial charge in [-0.2, -0.15) is 0 Å². The number of rotatable bonds is 9. The Bertz CT molecular complexity index is 413. The van der Waals surface area contributed by atoms with Crippen LogP contribution in [0, 0.1) is 5.92 Å². The van der Waals surface area contributed by atoms with Gasteiger partial charge in [0.15, 0.2) is 13.1 Å². The molecule has 0 saturated heterocycles. The van der Waals surface area contributed by atoms with E-state index in [1.807, 2.05) is 6.92 Å². The largest absolute Gasteiger partial charge is 0.493 e. The van der Waals surface area contributed by atoms with E-state index < -0.39 is 0 Å². The van der Waals surface area contributed by atoms with Crippen LogP contribution in [0.3, 0.4) is 0 Å². The van der Waals surface area contributed by atoms with Crippen molar-refractivity contribution in [3.8, 4) is 11.5 Å². The van der Waals surface area contributed by atoms with Crippen LogP contribution in [-0.2, 0) is 4.74 Å². The van der Waals surface area contributed by atoms with E-state index in [-0.39, 0.29) is 6.79 Å². The van der Waals surface area contributed by atoms with Gasteiger partial charge in [0.2, 0.25) is 0 Å². The van der Waals surface area contributed by atoms with Gasteiger partial charge in [0.05, 0.1) is 18.8 Å². The van der Waals surface area contributed by atoms with E-state index in [1.165, 1.54) is 12.8 Å². The molecule has 1 saturated carbocycles. The van der Waals surface area contributed by atoms with Gasteiger partial charge in [-0.3, -0.25) is 4.79 Å². The first kappa shape index (κ1) is 13.9. The van der Waals surface area contributed by atoms with E-state index >= 15 is 0 Å². The molecule has 0 radical (unpaired) electrons. The topological polar surface area (TPSA) is 44.8 Å². The number of hydrogen-bond acceptors (Lipinski definition) is 4. The number of aldehydes is 1. The Morgan fingerprint density at radius 2 is 2.16 bits per heavy atom. The van der Waals surface area contributed by atoms with Crippen molar-refractivity contribution in [1.29, 1.82) is 0 Å². The number of carbonyl (C=O) groups excluding carboxylic acids is 1. The lowest BCUT2D eigenvalue weighted by Gasteiger charge is -2.11. The third-order valence-corrected chi connectivity index (χ3v) is 2.93. The zero-order chi connectivity index (χ0) is 13.5. The lowest BCUT2D eigenvalue weighted by Crippen LogP contribution is -2.07. The van der Waals surface area contributed by atoms with Crippen LogP contribution in [0.5, 0.6) is 11.5 Å². The molecular formula is C15H20O4. The quantitative estimate of drug-likeness (QED) is 0.390. The van der Waals surface area contributed by atoms with Gasteiger partial charge in [0.25, 0.3) is 0 Å². The monoisotopic (exact) mass is 264 g/mol. The highest BCUT2D eigenvalue weighted by Gasteiger charge is 2.21. The number of carbonyl (C=O) groups is 1. The molecule has 0 aliphatic heterocycles. The van der Waals surface area contributed by atoms with Gasteiger partial charge >= 0.3 is 0 Å². The van der Waals surface area contributed by atoms with Gasteiger partial charge in [-0.25, -0.2) is 0 Å². The molecular weight excluding hydrogens is 244 g/mol. The summed E-state index contributed by atoms with van der Waals surface area (Å²) in [6.45, 7) is 3.61. The molecule has 1 aromatic carbocycles. The highest BCUT2D eigenvalue weighted by atomic mass is 16.7. The maximum atomic E-state index is 10.9. The molecule has 2 rings (SSSR count). The van der Waals surface area contributed by atoms with E-state index in [1.54, 1.807) is 18.2 Å². The van der Waals surface area contributed by atoms with Crippen LogP contribution in [-0.4, -0.2) is 26.3 Å². The van der Waals surface area contributed by atoms with Crippen LogP contribution >= 0.6 is 0 Å². The van der Waals surface area contributed by atoms with Crippen molar-refractivity contribution in [2.24, 2.45) is 5.92 Å². The summed E-state index contributed by atoms with van der Waals surface area (Å²) in [4.78, 5) is 10.9. The summed E-state index contributed by atoms with van der Waals surface area (Å²) in [6.07, 6.45) is 4.22. The molecule has 0 bridgehead atoms. The lowest BCUT2D eigenvalue weighted by atomic mass is 10.2. The van der Waals surface area contributed by atoms with E-state index in [2.05, 4.69) is 0 Å². The molecule has 0 atom stereocenters. The van der Waals surface area contributed by atoms with Crippen molar-refractivity contribution in [2.45, 2.75) is 26.2 Å². The maximum absolute atomic E-state index is 10.9. The Morgan fingerprint density at radius 3 is 2.84 bits per heavy atom. The second kappa shape index (κ2) is 7.14. The number of hydrogen-bond donors (Lipinski definition) is 0. The third kappa shape index (κ3) is 4.56. The first-order valence-corrected chi connectivity index (χ1v) is 6.76. The van der Waals surface area contributed by atoms with Crippen molar-refractivity contribution in [3.05, 3.63) is 23.8 Å². The minimum Gasteiger partial charge on any atom is -0.493 e. The van der Waals surface area contributed by atoms with E-state index in [0.29, 0.717) is 29.6 Å². The molecule has 0 N–H and O–H groups in total. The number of benzene rings is 1. The molecule has 0 spiro atoms. The summed E-state index contributed by atoms with van der Waals surface area (Å²) in [5, 5.41) is 0. The summed E-state index contributed by atoms with van der Waals surface area (Å²) < 4.78 is 16.4. The van der Waals surface area contributed by atoms with Gasteiger partial charge < -0.3 is 14.2 Å². The predicted molar refractivity (Wildman–Crippen MR) is 71.8 cm³/mol. The molecule has 104 valence electrons. The van der Waals surface area contributed by atoms with Crippen molar-refractivity contribution in [2.75, 3.05) is 20.0 Å². The molecule has 1 fully saturated rings. The van der Waals surface area contributed by atoms with E-state index in [0.717, 1.165) is 19.3 Å². The fraction of sp³-hybridized carbons (Fsp3) is 0.533. The second-order valence-corrected chi connectivity index (χ2v) is 4.74. The van der Waals surface area contributed by atoms with Crippen molar-refractivity contribution < 1.29 is 19.0 Å². The summed E-state index contributed by atoms with van der Waals surface area (Å²) in [6, 6.07) is 5.21. The van der Waals surface area contributed by atoms with Gasteiger partial charge in [-0.1, -0.05) is 6.92 Å².